The van der Waals surface area contributed by atoms with Crippen LogP contribution in [0.1, 0.15) is 11.7 Å². The monoisotopic (exact) mass is 323 g/mol. The first-order valence-corrected chi connectivity index (χ1v) is 8.56. The predicted octanol–water partition coefficient (Wildman–Crippen LogP) is 2.47. The molecule has 18 heavy (non-hydrogen) atoms. The summed E-state index contributed by atoms with van der Waals surface area (Å²) in [4.78, 5) is 0. The Morgan fingerprint density at radius 2 is 2.17 bits per heavy atom. The second kappa shape index (κ2) is 5.68. The van der Waals surface area contributed by atoms with Crippen molar-refractivity contribution in [2.45, 2.75) is 10.3 Å². The van der Waals surface area contributed by atoms with Crippen molar-refractivity contribution >= 4 is 44.3 Å². The number of hydrogen-bond donors (Lipinski definition) is 2. The number of sulfonamides is 1. The zero-order chi connectivity index (χ0) is 13.2. The summed E-state index contributed by atoms with van der Waals surface area (Å²) in [6.45, 7) is -0.0609. The summed E-state index contributed by atoms with van der Waals surface area (Å²) in [6.07, 6.45) is -0.846. The van der Waals surface area contributed by atoms with Crippen LogP contribution < -0.4 is 4.72 Å². The van der Waals surface area contributed by atoms with Crippen molar-refractivity contribution in [3.63, 3.8) is 0 Å². The predicted molar refractivity (Wildman–Crippen MR) is 73.8 cm³/mol. The van der Waals surface area contributed by atoms with Gasteiger partial charge in [-0.2, -0.15) is 11.3 Å². The van der Waals surface area contributed by atoms with Crippen molar-refractivity contribution in [2.24, 2.45) is 0 Å². The van der Waals surface area contributed by atoms with Crippen LogP contribution in [-0.4, -0.2) is 20.1 Å². The van der Waals surface area contributed by atoms with E-state index in [0.29, 0.717) is 9.90 Å². The molecule has 4 nitrogen and oxygen atoms in total. The highest BCUT2D eigenvalue weighted by Gasteiger charge is 2.18. The van der Waals surface area contributed by atoms with Crippen LogP contribution >= 0.6 is 34.3 Å². The minimum absolute atomic E-state index is 0.0609. The van der Waals surface area contributed by atoms with E-state index in [1.807, 2.05) is 5.38 Å². The number of nitrogens with one attached hydrogen (secondary N) is 1. The third-order valence-corrected chi connectivity index (χ3v) is 6.06. The molecule has 1 atom stereocenters. The molecular formula is C10H10ClNO3S3. The van der Waals surface area contributed by atoms with Gasteiger partial charge in [0.25, 0.3) is 0 Å². The topological polar surface area (TPSA) is 66.4 Å². The molecular weight excluding hydrogens is 314 g/mol. The van der Waals surface area contributed by atoms with Gasteiger partial charge in [-0.05, 0) is 34.5 Å². The summed E-state index contributed by atoms with van der Waals surface area (Å²) in [6, 6.07) is 4.72. The third kappa shape index (κ3) is 3.31. The highest BCUT2D eigenvalue weighted by atomic mass is 35.5. The molecule has 2 rings (SSSR count). The lowest BCUT2D eigenvalue weighted by Gasteiger charge is -2.09. The van der Waals surface area contributed by atoms with Crippen molar-refractivity contribution in [2.75, 3.05) is 6.54 Å². The summed E-state index contributed by atoms with van der Waals surface area (Å²) in [7, 11) is -3.60. The Bertz CT molecular complexity index is 606. The van der Waals surface area contributed by atoms with E-state index < -0.39 is 16.1 Å². The second-order valence-electron chi connectivity index (χ2n) is 3.48. The maximum atomic E-state index is 11.9. The Labute approximate surface area is 118 Å². The van der Waals surface area contributed by atoms with Crippen LogP contribution in [0, 0.1) is 0 Å². The number of halogens is 1. The van der Waals surface area contributed by atoms with Gasteiger partial charge in [0.2, 0.25) is 10.0 Å². The Balaban J connectivity index is 2.02. The van der Waals surface area contributed by atoms with Crippen LogP contribution in [0.3, 0.4) is 0 Å². The van der Waals surface area contributed by atoms with E-state index in [1.165, 1.54) is 23.5 Å². The fourth-order valence-corrected chi connectivity index (χ4v) is 4.56. The maximum absolute atomic E-state index is 11.9. The summed E-state index contributed by atoms with van der Waals surface area (Å²) < 4.78 is 26.6. The maximum Gasteiger partial charge on any atom is 0.250 e. The highest BCUT2D eigenvalue weighted by Crippen LogP contribution is 2.25. The van der Waals surface area contributed by atoms with E-state index in [0.717, 1.165) is 11.3 Å². The molecule has 0 aliphatic heterocycles. The normalized spacial score (nSPS) is 13.7. The van der Waals surface area contributed by atoms with Crippen LogP contribution in [0.4, 0.5) is 0 Å². The molecule has 2 aromatic rings. The number of aliphatic hydroxyl groups excluding tert-OH is 1. The Morgan fingerprint density at radius 3 is 2.72 bits per heavy atom. The fourth-order valence-electron chi connectivity index (χ4n) is 1.28. The molecule has 0 aromatic carbocycles. The van der Waals surface area contributed by atoms with Gasteiger partial charge in [0.1, 0.15) is 4.21 Å². The highest BCUT2D eigenvalue weighted by molar-refractivity contribution is 7.91. The van der Waals surface area contributed by atoms with E-state index in [2.05, 4.69) is 4.72 Å². The van der Waals surface area contributed by atoms with Gasteiger partial charge in [0, 0.05) is 6.54 Å². The first-order chi connectivity index (χ1) is 8.49. The molecule has 8 heteroatoms. The van der Waals surface area contributed by atoms with E-state index in [-0.39, 0.29) is 10.8 Å². The minimum atomic E-state index is -3.60. The smallest absolute Gasteiger partial charge is 0.250 e. The average molecular weight is 324 g/mol. The minimum Gasteiger partial charge on any atom is -0.387 e. The molecule has 2 heterocycles. The van der Waals surface area contributed by atoms with Gasteiger partial charge in [0.15, 0.2) is 0 Å². The van der Waals surface area contributed by atoms with Gasteiger partial charge in [-0.15, -0.1) is 11.3 Å². The molecule has 1 unspecified atom stereocenters. The van der Waals surface area contributed by atoms with Crippen LogP contribution in [-0.2, 0) is 10.0 Å². The van der Waals surface area contributed by atoms with Gasteiger partial charge < -0.3 is 5.11 Å². The lowest BCUT2D eigenvalue weighted by molar-refractivity contribution is 0.182. The van der Waals surface area contributed by atoms with Gasteiger partial charge >= 0.3 is 0 Å². The first-order valence-electron chi connectivity index (χ1n) is 4.94. The molecule has 0 spiro atoms. The molecule has 0 amide bonds. The van der Waals surface area contributed by atoms with Crippen molar-refractivity contribution in [3.05, 3.63) is 38.9 Å². The SMILES string of the molecule is O=S(=O)(NCC(O)c1ccsc1)c1ccc(Cl)s1. The lowest BCUT2D eigenvalue weighted by Crippen LogP contribution is -2.27. The van der Waals surface area contributed by atoms with Crippen molar-refractivity contribution in [3.8, 4) is 0 Å². The Hall–Kier alpha value is -0.440. The zero-order valence-electron chi connectivity index (χ0n) is 9.04. The number of aliphatic hydroxyl groups is 1. The van der Waals surface area contributed by atoms with Crippen LogP contribution in [0.25, 0.3) is 0 Å². The molecule has 2 N–H and O–H groups in total. The number of hydrogen-bond acceptors (Lipinski definition) is 5. The van der Waals surface area contributed by atoms with Crippen molar-refractivity contribution in [1.82, 2.24) is 4.72 Å². The third-order valence-electron chi connectivity index (χ3n) is 2.21. The first kappa shape index (κ1) is 14.0. The summed E-state index contributed by atoms with van der Waals surface area (Å²) in [5.41, 5.74) is 0.701. The standard InChI is InChI=1S/C10H10ClNO3S3/c11-9-1-2-10(17-9)18(14,15)12-5-8(13)7-3-4-16-6-7/h1-4,6,8,12-13H,5H2. The summed E-state index contributed by atoms with van der Waals surface area (Å²) in [5, 5.41) is 13.4. The quantitative estimate of drug-likeness (QED) is 0.888. The number of thiophene rings is 2. The van der Waals surface area contributed by atoms with Gasteiger partial charge in [0.05, 0.1) is 10.4 Å². The number of rotatable bonds is 5. The molecule has 0 bridgehead atoms. The van der Waals surface area contributed by atoms with Crippen molar-refractivity contribution < 1.29 is 13.5 Å². The van der Waals surface area contributed by atoms with Crippen LogP contribution in [0.2, 0.25) is 4.34 Å². The molecule has 0 fully saturated rings. The van der Waals surface area contributed by atoms with Crippen LogP contribution in [0.15, 0.2) is 33.2 Å². The van der Waals surface area contributed by atoms with Gasteiger partial charge in [-0.25, -0.2) is 13.1 Å². The van der Waals surface area contributed by atoms with Gasteiger partial charge in [-0.1, -0.05) is 11.6 Å². The van der Waals surface area contributed by atoms with E-state index in [1.54, 1.807) is 11.4 Å². The molecule has 98 valence electrons. The van der Waals surface area contributed by atoms with E-state index in [4.69, 9.17) is 11.6 Å². The van der Waals surface area contributed by atoms with E-state index >= 15 is 0 Å². The van der Waals surface area contributed by atoms with Gasteiger partial charge in [-0.3, -0.25) is 0 Å². The molecule has 0 aliphatic rings. The molecule has 2 aromatic heterocycles. The zero-order valence-corrected chi connectivity index (χ0v) is 12.2. The van der Waals surface area contributed by atoms with E-state index in [9.17, 15) is 13.5 Å². The van der Waals surface area contributed by atoms with Crippen LogP contribution in [0.5, 0.6) is 0 Å². The second-order valence-corrected chi connectivity index (χ2v) is 7.97. The molecule has 0 aliphatic carbocycles. The largest absolute Gasteiger partial charge is 0.387 e. The summed E-state index contributed by atoms with van der Waals surface area (Å²) in [5.74, 6) is 0. The molecule has 0 saturated heterocycles. The fraction of sp³-hybridized carbons (Fsp3) is 0.200. The summed E-state index contributed by atoms with van der Waals surface area (Å²) >= 11 is 8.12. The lowest BCUT2D eigenvalue weighted by atomic mass is 10.2. The molecule has 0 saturated carbocycles. The Kier molecular flexibility index (Phi) is 4.41. The average Bonchev–Trinajstić information content (AvgIpc) is 2.96. The molecule has 0 radical (unpaired) electrons. The Morgan fingerprint density at radius 1 is 1.39 bits per heavy atom. The van der Waals surface area contributed by atoms with Crippen molar-refractivity contribution in [1.29, 1.82) is 0 Å².